The van der Waals surface area contributed by atoms with Crippen molar-refractivity contribution in [3.8, 4) is 0 Å². The zero-order valence-electron chi connectivity index (χ0n) is 12.8. The fourth-order valence-corrected chi connectivity index (χ4v) is 4.12. The van der Waals surface area contributed by atoms with Gasteiger partial charge < -0.3 is 10.6 Å². The number of nitrogens with one attached hydrogen (secondary N) is 2. The summed E-state index contributed by atoms with van der Waals surface area (Å²) < 4.78 is 0. The molecule has 1 aromatic carbocycles. The number of aliphatic imine (C=N–C) groups is 1. The van der Waals surface area contributed by atoms with Crippen LogP contribution in [0.5, 0.6) is 0 Å². The molecule has 1 saturated carbocycles. The van der Waals surface area contributed by atoms with Gasteiger partial charge in [-0.3, -0.25) is 9.79 Å². The van der Waals surface area contributed by atoms with Crippen LogP contribution < -0.4 is 10.6 Å². The lowest BCUT2D eigenvalue weighted by atomic mass is 9.83. The van der Waals surface area contributed by atoms with Crippen LogP contribution in [0.15, 0.2) is 29.3 Å². The molecule has 1 amide bonds. The monoisotopic (exact) mass is 297 g/mol. The first kappa shape index (κ1) is 13.9. The molecule has 2 heterocycles. The molecule has 116 valence electrons. The normalized spacial score (nSPS) is 28.9. The standard InChI is InChI=1S/C18H23N3O/c22-18-14-9-5-4-8-13(14)17(21-18)16-11-19-10-15(20-16)12-6-2-1-3-7-12/h4-5,8-9,12,15,17,19H,1-3,6-7,10-11H2,(H,21,22). The van der Waals surface area contributed by atoms with Crippen molar-refractivity contribution in [2.24, 2.45) is 10.9 Å². The van der Waals surface area contributed by atoms with Crippen molar-refractivity contribution in [2.75, 3.05) is 13.1 Å². The van der Waals surface area contributed by atoms with Gasteiger partial charge in [-0.15, -0.1) is 0 Å². The average Bonchev–Trinajstić information content (AvgIpc) is 2.93. The molecule has 1 aliphatic carbocycles. The third-order valence-electron chi connectivity index (χ3n) is 5.31. The maximum absolute atomic E-state index is 12.1. The van der Waals surface area contributed by atoms with E-state index in [1.54, 1.807) is 0 Å². The predicted molar refractivity (Wildman–Crippen MR) is 87.3 cm³/mol. The van der Waals surface area contributed by atoms with Crippen molar-refractivity contribution in [2.45, 2.75) is 44.2 Å². The van der Waals surface area contributed by atoms with Gasteiger partial charge in [0.25, 0.3) is 5.91 Å². The van der Waals surface area contributed by atoms with E-state index < -0.39 is 0 Å². The molecule has 4 heteroatoms. The Morgan fingerprint density at radius 3 is 2.77 bits per heavy atom. The van der Waals surface area contributed by atoms with E-state index in [-0.39, 0.29) is 11.9 Å². The zero-order valence-corrected chi connectivity index (χ0v) is 12.8. The summed E-state index contributed by atoms with van der Waals surface area (Å²) in [5.74, 6) is 0.743. The lowest BCUT2D eigenvalue weighted by Crippen LogP contribution is -2.44. The minimum Gasteiger partial charge on any atom is -0.340 e. The number of benzene rings is 1. The van der Waals surface area contributed by atoms with Gasteiger partial charge in [-0.05, 0) is 30.4 Å². The minimum absolute atomic E-state index is 0.0306. The predicted octanol–water partition coefficient (Wildman–Crippen LogP) is 2.46. The van der Waals surface area contributed by atoms with E-state index in [0.29, 0.717) is 12.0 Å². The molecule has 22 heavy (non-hydrogen) atoms. The summed E-state index contributed by atoms with van der Waals surface area (Å²) in [5, 5.41) is 6.63. The molecule has 4 rings (SSSR count). The number of nitrogens with zero attached hydrogens (tertiary/aromatic N) is 1. The van der Waals surface area contributed by atoms with Gasteiger partial charge in [0.1, 0.15) is 0 Å². The fraction of sp³-hybridized carbons (Fsp3) is 0.556. The lowest BCUT2D eigenvalue weighted by molar-refractivity contribution is 0.0962. The van der Waals surface area contributed by atoms with Crippen molar-refractivity contribution < 1.29 is 4.79 Å². The lowest BCUT2D eigenvalue weighted by Gasteiger charge is -2.32. The Kier molecular flexibility index (Phi) is 3.70. The highest BCUT2D eigenvalue weighted by molar-refractivity contribution is 6.07. The van der Waals surface area contributed by atoms with Gasteiger partial charge in [-0.1, -0.05) is 37.5 Å². The Morgan fingerprint density at radius 1 is 1.09 bits per heavy atom. The van der Waals surface area contributed by atoms with Crippen LogP contribution in [-0.4, -0.2) is 30.8 Å². The second kappa shape index (κ2) is 5.84. The molecule has 1 fully saturated rings. The van der Waals surface area contributed by atoms with Crippen molar-refractivity contribution in [3.63, 3.8) is 0 Å². The van der Waals surface area contributed by atoms with Crippen LogP contribution in [0.2, 0.25) is 0 Å². The van der Waals surface area contributed by atoms with Gasteiger partial charge in [-0.25, -0.2) is 0 Å². The topological polar surface area (TPSA) is 53.5 Å². The van der Waals surface area contributed by atoms with Gasteiger partial charge in [0, 0.05) is 18.7 Å². The quantitative estimate of drug-likeness (QED) is 0.881. The average molecular weight is 297 g/mol. The van der Waals surface area contributed by atoms with E-state index in [9.17, 15) is 4.79 Å². The first-order chi connectivity index (χ1) is 10.8. The molecule has 0 aromatic heterocycles. The molecular weight excluding hydrogens is 274 g/mol. The molecular formula is C18H23N3O. The summed E-state index contributed by atoms with van der Waals surface area (Å²) in [7, 11) is 0. The molecule has 3 aliphatic rings. The molecule has 2 unspecified atom stereocenters. The Balaban J connectivity index is 1.59. The van der Waals surface area contributed by atoms with Gasteiger partial charge in [0.2, 0.25) is 0 Å². The SMILES string of the molecule is O=C1NC(C2=NC(C3CCCCC3)CNC2)c2ccccc21. The number of hydrogen-bond donors (Lipinski definition) is 2. The van der Waals surface area contributed by atoms with Crippen molar-refractivity contribution in [1.82, 2.24) is 10.6 Å². The molecule has 0 bridgehead atoms. The van der Waals surface area contributed by atoms with Crippen LogP contribution in [0.1, 0.15) is 54.1 Å². The highest BCUT2D eigenvalue weighted by Gasteiger charge is 2.34. The molecule has 0 spiro atoms. The zero-order chi connectivity index (χ0) is 14.9. The van der Waals surface area contributed by atoms with Crippen LogP contribution >= 0.6 is 0 Å². The van der Waals surface area contributed by atoms with E-state index in [2.05, 4.69) is 10.6 Å². The summed E-state index contributed by atoms with van der Waals surface area (Å²) >= 11 is 0. The Labute approximate surface area is 131 Å². The number of amides is 1. The maximum Gasteiger partial charge on any atom is 0.252 e. The second-order valence-corrected chi connectivity index (χ2v) is 6.71. The Hall–Kier alpha value is -1.68. The van der Waals surface area contributed by atoms with Crippen molar-refractivity contribution in [3.05, 3.63) is 35.4 Å². The van der Waals surface area contributed by atoms with Crippen LogP contribution in [0.25, 0.3) is 0 Å². The number of hydrogen-bond acceptors (Lipinski definition) is 3. The van der Waals surface area contributed by atoms with Crippen LogP contribution in [0, 0.1) is 5.92 Å². The van der Waals surface area contributed by atoms with Gasteiger partial charge in [0.05, 0.1) is 17.8 Å². The number of carbonyl (C=O) groups excluding carboxylic acids is 1. The largest absolute Gasteiger partial charge is 0.340 e. The van der Waals surface area contributed by atoms with E-state index in [0.717, 1.165) is 29.9 Å². The number of carbonyl (C=O) groups is 1. The van der Waals surface area contributed by atoms with Crippen LogP contribution in [0.4, 0.5) is 0 Å². The molecule has 2 atom stereocenters. The van der Waals surface area contributed by atoms with E-state index in [4.69, 9.17) is 4.99 Å². The molecule has 0 radical (unpaired) electrons. The minimum atomic E-state index is -0.0393. The Bertz CT molecular complexity index is 604. The number of rotatable bonds is 2. The number of fused-ring (bicyclic) bond motifs is 1. The van der Waals surface area contributed by atoms with Gasteiger partial charge in [-0.2, -0.15) is 0 Å². The highest BCUT2D eigenvalue weighted by atomic mass is 16.2. The summed E-state index contributed by atoms with van der Waals surface area (Å²) in [5.41, 5.74) is 2.98. The molecule has 0 saturated heterocycles. The highest BCUT2D eigenvalue weighted by Crippen LogP contribution is 2.31. The van der Waals surface area contributed by atoms with Crippen molar-refractivity contribution in [1.29, 1.82) is 0 Å². The van der Waals surface area contributed by atoms with E-state index >= 15 is 0 Å². The van der Waals surface area contributed by atoms with E-state index in [1.165, 1.54) is 32.1 Å². The smallest absolute Gasteiger partial charge is 0.252 e. The van der Waals surface area contributed by atoms with E-state index in [1.807, 2.05) is 24.3 Å². The van der Waals surface area contributed by atoms with Gasteiger partial charge in [0.15, 0.2) is 0 Å². The maximum atomic E-state index is 12.1. The first-order valence-corrected chi connectivity index (χ1v) is 8.50. The summed E-state index contributed by atoms with van der Waals surface area (Å²) in [6.07, 6.45) is 6.66. The van der Waals surface area contributed by atoms with Crippen LogP contribution in [-0.2, 0) is 0 Å². The summed E-state index contributed by atoms with van der Waals surface area (Å²) in [4.78, 5) is 17.2. The third kappa shape index (κ3) is 2.45. The van der Waals surface area contributed by atoms with Crippen LogP contribution in [0.3, 0.4) is 0 Å². The third-order valence-corrected chi connectivity index (χ3v) is 5.31. The summed E-state index contributed by atoms with van der Waals surface area (Å²) in [6.45, 7) is 1.76. The molecule has 2 aliphatic heterocycles. The fourth-order valence-electron chi connectivity index (χ4n) is 4.12. The second-order valence-electron chi connectivity index (χ2n) is 6.71. The first-order valence-electron chi connectivity index (χ1n) is 8.50. The van der Waals surface area contributed by atoms with Crippen molar-refractivity contribution >= 4 is 11.6 Å². The summed E-state index contributed by atoms with van der Waals surface area (Å²) in [6, 6.07) is 8.22. The molecule has 1 aromatic rings. The van der Waals surface area contributed by atoms with Gasteiger partial charge >= 0.3 is 0 Å². The molecule has 2 N–H and O–H groups in total. The molecule has 4 nitrogen and oxygen atoms in total. The Morgan fingerprint density at radius 2 is 1.91 bits per heavy atom.